The summed E-state index contributed by atoms with van der Waals surface area (Å²) in [5.41, 5.74) is 3.04. The van der Waals surface area contributed by atoms with Gasteiger partial charge in [0.05, 0.1) is 31.9 Å². The van der Waals surface area contributed by atoms with E-state index in [1.165, 1.54) is 0 Å². The van der Waals surface area contributed by atoms with Crippen molar-refractivity contribution in [1.82, 2.24) is 15.1 Å². The van der Waals surface area contributed by atoms with Crippen LogP contribution in [0.1, 0.15) is 16.1 Å². The summed E-state index contributed by atoms with van der Waals surface area (Å²) in [5, 5.41) is 9.70. The number of thiophene rings is 1. The lowest BCUT2D eigenvalue weighted by Gasteiger charge is -2.11. The molecule has 0 radical (unpaired) electrons. The van der Waals surface area contributed by atoms with Gasteiger partial charge in [-0.3, -0.25) is 4.79 Å². The van der Waals surface area contributed by atoms with Crippen LogP contribution in [0.15, 0.2) is 66.0 Å². The Labute approximate surface area is 196 Å². The molecule has 0 spiro atoms. The molecule has 0 atom stereocenters. The number of hydrogen-bond acceptors (Lipinski definition) is 6. The van der Waals surface area contributed by atoms with Crippen LogP contribution < -0.4 is 19.5 Å². The van der Waals surface area contributed by atoms with Crippen molar-refractivity contribution in [1.29, 1.82) is 0 Å². The van der Waals surface area contributed by atoms with Crippen molar-refractivity contribution in [2.24, 2.45) is 0 Å². The molecule has 1 amide bonds. The van der Waals surface area contributed by atoms with Gasteiger partial charge in [0, 0.05) is 6.54 Å². The highest BCUT2D eigenvalue weighted by atomic mass is 32.1. The summed E-state index contributed by atoms with van der Waals surface area (Å²) < 4.78 is 17.6. The summed E-state index contributed by atoms with van der Waals surface area (Å²) in [4.78, 5) is 14.1. The first kappa shape index (κ1) is 22.4. The highest BCUT2D eigenvalue weighted by Crippen LogP contribution is 2.28. The van der Waals surface area contributed by atoms with E-state index in [0.29, 0.717) is 30.2 Å². The lowest BCUT2D eigenvalue weighted by atomic mass is 10.1. The molecule has 170 valence electrons. The zero-order chi connectivity index (χ0) is 23.2. The van der Waals surface area contributed by atoms with Crippen molar-refractivity contribution >= 4 is 17.2 Å². The molecule has 2 aromatic carbocycles. The van der Waals surface area contributed by atoms with E-state index < -0.39 is 0 Å². The Morgan fingerprint density at radius 2 is 1.76 bits per heavy atom. The number of methoxy groups -OCH3 is 3. The Balaban J connectivity index is 1.53. The summed E-state index contributed by atoms with van der Waals surface area (Å²) in [6.45, 7) is 0.469. The Hall–Kier alpha value is -3.78. The third-order valence-corrected chi connectivity index (χ3v) is 6.07. The van der Waals surface area contributed by atoms with Crippen molar-refractivity contribution in [2.75, 3.05) is 27.9 Å². The molecule has 0 unspecified atom stereocenters. The Morgan fingerprint density at radius 3 is 2.42 bits per heavy atom. The van der Waals surface area contributed by atoms with E-state index in [9.17, 15) is 4.79 Å². The van der Waals surface area contributed by atoms with Gasteiger partial charge in [0.15, 0.2) is 11.5 Å². The van der Waals surface area contributed by atoms with Gasteiger partial charge in [-0.1, -0.05) is 12.1 Å². The van der Waals surface area contributed by atoms with Crippen molar-refractivity contribution in [3.8, 4) is 33.5 Å². The van der Waals surface area contributed by atoms with E-state index >= 15 is 0 Å². The molecule has 4 rings (SSSR count). The first-order valence-corrected chi connectivity index (χ1v) is 11.3. The van der Waals surface area contributed by atoms with E-state index in [4.69, 9.17) is 19.3 Å². The molecule has 0 saturated heterocycles. The van der Waals surface area contributed by atoms with Crippen LogP contribution in [0.5, 0.6) is 17.2 Å². The molecular formula is C25H25N3O4S. The maximum Gasteiger partial charge on any atom is 0.270 e. The lowest BCUT2D eigenvalue weighted by Crippen LogP contribution is -2.27. The second kappa shape index (κ2) is 10.2. The van der Waals surface area contributed by atoms with Gasteiger partial charge in [-0.15, -0.1) is 11.3 Å². The van der Waals surface area contributed by atoms with Crippen molar-refractivity contribution in [2.45, 2.75) is 6.42 Å². The number of ether oxygens (including phenoxy) is 3. The number of hydrogen-bond donors (Lipinski definition) is 1. The second-order valence-corrected chi connectivity index (χ2v) is 8.14. The molecule has 0 aliphatic heterocycles. The molecule has 0 bridgehead atoms. The van der Waals surface area contributed by atoms with Crippen LogP contribution in [0.3, 0.4) is 0 Å². The monoisotopic (exact) mass is 463 g/mol. The lowest BCUT2D eigenvalue weighted by molar-refractivity contribution is 0.0946. The predicted octanol–water partition coefficient (Wildman–Crippen LogP) is 4.60. The Morgan fingerprint density at radius 1 is 0.970 bits per heavy atom. The average Bonchev–Trinajstić information content (AvgIpc) is 3.54. The third kappa shape index (κ3) is 5.01. The predicted molar refractivity (Wildman–Crippen MR) is 129 cm³/mol. The fourth-order valence-electron chi connectivity index (χ4n) is 3.45. The SMILES string of the molecule is COc1ccc(-n2nc(-c3cccs3)cc2C(=O)NCCc2ccc(OC)c(OC)c2)cc1. The van der Waals surface area contributed by atoms with E-state index in [-0.39, 0.29) is 5.91 Å². The molecule has 0 fully saturated rings. The molecule has 7 nitrogen and oxygen atoms in total. The number of carbonyl (C=O) groups excluding carboxylic acids is 1. The largest absolute Gasteiger partial charge is 0.497 e. The van der Waals surface area contributed by atoms with Crippen LogP contribution in [-0.2, 0) is 6.42 Å². The summed E-state index contributed by atoms with van der Waals surface area (Å²) in [7, 11) is 4.83. The zero-order valence-electron chi connectivity index (χ0n) is 18.7. The van der Waals surface area contributed by atoms with Crippen LogP contribution in [0, 0.1) is 0 Å². The molecule has 2 aromatic heterocycles. The third-order valence-electron chi connectivity index (χ3n) is 5.18. The van der Waals surface area contributed by atoms with Gasteiger partial charge in [-0.05, 0) is 65.9 Å². The highest BCUT2D eigenvalue weighted by molar-refractivity contribution is 7.13. The van der Waals surface area contributed by atoms with E-state index in [1.54, 1.807) is 37.3 Å². The number of amides is 1. The number of nitrogens with zero attached hydrogens (tertiary/aromatic N) is 2. The molecule has 0 saturated carbocycles. The first-order chi connectivity index (χ1) is 16.1. The van der Waals surface area contributed by atoms with E-state index in [2.05, 4.69) is 5.32 Å². The van der Waals surface area contributed by atoms with Gasteiger partial charge >= 0.3 is 0 Å². The number of nitrogens with one attached hydrogen (secondary N) is 1. The van der Waals surface area contributed by atoms with Gasteiger partial charge in [0.25, 0.3) is 5.91 Å². The van der Waals surface area contributed by atoms with Crippen molar-refractivity contribution < 1.29 is 19.0 Å². The minimum atomic E-state index is -0.193. The molecule has 8 heteroatoms. The fourth-order valence-corrected chi connectivity index (χ4v) is 4.14. The highest BCUT2D eigenvalue weighted by Gasteiger charge is 2.18. The van der Waals surface area contributed by atoms with Gasteiger partial charge in [0.1, 0.15) is 17.1 Å². The number of carbonyl (C=O) groups is 1. The Bertz CT molecular complexity index is 1220. The van der Waals surface area contributed by atoms with Crippen LogP contribution >= 0.6 is 11.3 Å². The molecule has 0 aliphatic rings. The second-order valence-electron chi connectivity index (χ2n) is 7.20. The molecular weight excluding hydrogens is 438 g/mol. The minimum absolute atomic E-state index is 0.193. The van der Waals surface area contributed by atoms with Crippen LogP contribution in [0.2, 0.25) is 0 Å². The van der Waals surface area contributed by atoms with E-state index in [0.717, 1.165) is 27.6 Å². The normalized spacial score (nSPS) is 10.6. The zero-order valence-corrected chi connectivity index (χ0v) is 19.5. The summed E-state index contributed by atoms with van der Waals surface area (Å²) in [5.74, 6) is 1.89. The number of benzene rings is 2. The van der Waals surface area contributed by atoms with E-state index in [1.807, 2.05) is 66.0 Å². The summed E-state index contributed by atoms with van der Waals surface area (Å²) in [6, 6.07) is 19.0. The maximum absolute atomic E-state index is 13.1. The molecule has 0 aliphatic carbocycles. The summed E-state index contributed by atoms with van der Waals surface area (Å²) >= 11 is 1.58. The van der Waals surface area contributed by atoms with Gasteiger partial charge in [-0.2, -0.15) is 5.10 Å². The average molecular weight is 464 g/mol. The molecule has 1 N–H and O–H groups in total. The van der Waals surface area contributed by atoms with Crippen LogP contribution in [0.4, 0.5) is 0 Å². The minimum Gasteiger partial charge on any atom is -0.497 e. The van der Waals surface area contributed by atoms with Gasteiger partial charge < -0.3 is 19.5 Å². The molecule has 2 heterocycles. The van der Waals surface area contributed by atoms with Crippen LogP contribution in [0.25, 0.3) is 16.3 Å². The summed E-state index contributed by atoms with van der Waals surface area (Å²) in [6.07, 6.45) is 0.653. The van der Waals surface area contributed by atoms with Crippen molar-refractivity contribution in [3.05, 3.63) is 77.3 Å². The van der Waals surface area contributed by atoms with Crippen LogP contribution in [-0.4, -0.2) is 43.6 Å². The first-order valence-electron chi connectivity index (χ1n) is 10.4. The maximum atomic E-state index is 13.1. The smallest absolute Gasteiger partial charge is 0.270 e. The number of aromatic nitrogens is 2. The Kier molecular flexibility index (Phi) is 6.95. The fraction of sp³-hybridized carbons (Fsp3) is 0.200. The molecule has 4 aromatic rings. The number of rotatable bonds is 9. The molecule has 33 heavy (non-hydrogen) atoms. The topological polar surface area (TPSA) is 74.6 Å². The van der Waals surface area contributed by atoms with Gasteiger partial charge in [-0.25, -0.2) is 4.68 Å². The standard InChI is InChI=1S/C25H25N3O4S/c1-30-19-9-7-18(8-10-19)28-21(16-20(27-28)24-5-4-14-33-24)25(29)26-13-12-17-6-11-22(31-2)23(15-17)32-3/h4-11,14-16H,12-13H2,1-3H3,(H,26,29). The van der Waals surface area contributed by atoms with Gasteiger partial charge in [0.2, 0.25) is 0 Å². The quantitative estimate of drug-likeness (QED) is 0.393. The van der Waals surface area contributed by atoms with Crippen molar-refractivity contribution in [3.63, 3.8) is 0 Å².